The number of aliphatic hydroxyl groups is 1. The second-order valence-electron chi connectivity index (χ2n) is 5.21. The fourth-order valence-corrected chi connectivity index (χ4v) is 2.55. The van der Waals surface area contributed by atoms with Gasteiger partial charge in [-0.1, -0.05) is 18.7 Å². The van der Waals surface area contributed by atoms with Gasteiger partial charge in [0.15, 0.2) is 0 Å². The number of carbonyl (C=O) groups excluding carboxylic acids is 1. The number of tetrazole rings is 1. The molecule has 1 atom stereocenters. The van der Waals surface area contributed by atoms with Crippen molar-refractivity contribution in [3.8, 4) is 0 Å². The molecule has 1 unspecified atom stereocenters. The van der Waals surface area contributed by atoms with Crippen molar-refractivity contribution in [2.24, 2.45) is 5.92 Å². The van der Waals surface area contributed by atoms with Crippen molar-refractivity contribution >= 4 is 17.7 Å². The van der Waals surface area contributed by atoms with E-state index in [1.165, 1.54) is 11.8 Å². The maximum absolute atomic E-state index is 11.7. The average molecular weight is 299 g/mol. The largest absolute Gasteiger partial charge is 0.396 e. The number of aliphatic hydroxyl groups excluding tert-OH is 1. The molecule has 0 radical (unpaired) electrons. The second kappa shape index (κ2) is 7.58. The van der Waals surface area contributed by atoms with Gasteiger partial charge in [0.1, 0.15) is 0 Å². The Morgan fingerprint density at radius 2 is 2.40 bits per heavy atom. The first-order valence-electron chi connectivity index (χ1n) is 6.99. The highest BCUT2D eigenvalue weighted by atomic mass is 32.2. The average Bonchev–Trinajstić information content (AvgIpc) is 3.19. The van der Waals surface area contributed by atoms with Crippen LogP contribution in [0.15, 0.2) is 5.16 Å². The van der Waals surface area contributed by atoms with Gasteiger partial charge in [-0.25, -0.2) is 4.68 Å². The minimum Gasteiger partial charge on any atom is -0.396 e. The summed E-state index contributed by atoms with van der Waals surface area (Å²) in [5.41, 5.74) is 0. The summed E-state index contributed by atoms with van der Waals surface area (Å²) in [6.07, 6.45) is 4.05. The third-order valence-corrected chi connectivity index (χ3v) is 4.13. The van der Waals surface area contributed by atoms with Crippen LogP contribution >= 0.6 is 11.8 Å². The van der Waals surface area contributed by atoms with Gasteiger partial charge in [0, 0.05) is 13.2 Å². The highest BCUT2D eigenvalue weighted by Crippen LogP contribution is 2.36. The molecule has 2 N–H and O–H groups in total. The summed E-state index contributed by atoms with van der Waals surface area (Å²) in [5.74, 6) is 0.629. The first kappa shape index (κ1) is 15.2. The van der Waals surface area contributed by atoms with E-state index in [1.807, 2.05) is 6.92 Å². The number of rotatable bonds is 9. The molecule has 8 heteroatoms. The Hall–Kier alpha value is -1.15. The Labute approximate surface area is 122 Å². The highest BCUT2D eigenvalue weighted by molar-refractivity contribution is 7.99. The van der Waals surface area contributed by atoms with E-state index in [0.29, 0.717) is 24.3 Å². The first-order chi connectivity index (χ1) is 9.70. The molecule has 1 saturated carbocycles. The van der Waals surface area contributed by atoms with Crippen molar-refractivity contribution in [3.05, 3.63) is 0 Å². The lowest BCUT2D eigenvalue weighted by Crippen LogP contribution is -2.26. The van der Waals surface area contributed by atoms with Gasteiger partial charge in [-0.05, 0) is 42.0 Å². The molecule has 1 aliphatic carbocycles. The van der Waals surface area contributed by atoms with Gasteiger partial charge in [-0.15, -0.1) is 5.10 Å². The number of carbonyl (C=O) groups is 1. The van der Waals surface area contributed by atoms with Gasteiger partial charge in [-0.3, -0.25) is 4.79 Å². The van der Waals surface area contributed by atoms with Crippen molar-refractivity contribution < 1.29 is 9.90 Å². The molecule has 0 aliphatic heterocycles. The van der Waals surface area contributed by atoms with Crippen LogP contribution in [-0.2, 0) is 4.79 Å². The lowest BCUT2D eigenvalue weighted by Gasteiger charge is -2.08. The smallest absolute Gasteiger partial charge is 0.230 e. The van der Waals surface area contributed by atoms with Crippen LogP contribution in [0.25, 0.3) is 0 Å². The zero-order chi connectivity index (χ0) is 14.4. The molecule has 0 spiro atoms. The molecule has 1 aromatic heterocycles. The van der Waals surface area contributed by atoms with Crippen molar-refractivity contribution in [1.82, 2.24) is 25.5 Å². The number of thioether (sulfide) groups is 1. The lowest BCUT2D eigenvalue weighted by atomic mass is 10.1. The summed E-state index contributed by atoms with van der Waals surface area (Å²) in [6.45, 7) is 2.85. The van der Waals surface area contributed by atoms with Gasteiger partial charge in [-0.2, -0.15) is 0 Å². The van der Waals surface area contributed by atoms with E-state index in [4.69, 9.17) is 5.11 Å². The standard InChI is InChI=1S/C12H21N5O2S/c1-9(7-18)3-2-6-13-11(19)8-20-12-14-15-16-17(12)10-4-5-10/h9-10,18H,2-8H2,1H3,(H,13,19). The fourth-order valence-electron chi connectivity index (χ4n) is 1.78. The van der Waals surface area contributed by atoms with Crippen molar-refractivity contribution in [1.29, 1.82) is 0 Å². The topological polar surface area (TPSA) is 92.9 Å². The van der Waals surface area contributed by atoms with E-state index in [9.17, 15) is 4.79 Å². The quantitative estimate of drug-likeness (QED) is 0.513. The normalized spacial score (nSPS) is 16.1. The molecule has 1 aromatic rings. The van der Waals surface area contributed by atoms with Gasteiger partial charge in [0.05, 0.1) is 11.8 Å². The minimum absolute atomic E-state index is 0.00278. The predicted molar refractivity (Wildman–Crippen MR) is 75.3 cm³/mol. The van der Waals surface area contributed by atoms with Crippen LogP contribution in [0.4, 0.5) is 0 Å². The minimum atomic E-state index is -0.00278. The molecular weight excluding hydrogens is 278 g/mol. The van der Waals surface area contributed by atoms with Crippen LogP contribution in [0.3, 0.4) is 0 Å². The number of hydrogen-bond donors (Lipinski definition) is 2. The third-order valence-electron chi connectivity index (χ3n) is 3.20. The van der Waals surface area contributed by atoms with E-state index in [0.717, 1.165) is 30.8 Å². The Morgan fingerprint density at radius 1 is 1.60 bits per heavy atom. The van der Waals surface area contributed by atoms with Crippen molar-refractivity contribution in [3.63, 3.8) is 0 Å². The van der Waals surface area contributed by atoms with Gasteiger partial charge in [0.2, 0.25) is 11.1 Å². The Morgan fingerprint density at radius 3 is 3.10 bits per heavy atom. The SMILES string of the molecule is CC(CO)CCCNC(=O)CSc1nnnn1C1CC1. The van der Waals surface area contributed by atoms with Crippen LogP contribution in [-0.4, -0.2) is 50.1 Å². The van der Waals surface area contributed by atoms with E-state index in [2.05, 4.69) is 20.8 Å². The molecule has 20 heavy (non-hydrogen) atoms. The summed E-state index contributed by atoms with van der Waals surface area (Å²) in [4.78, 5) is 11.7. The maximum Gasteiger partial charge on any atom is 0.230 e. The zero-order valence-electron chi connectivity index (χ0n) is 11.7. The maximum atomic E-state index is 11.7. The number of nitrogens with zero attached hydrogens (tertiary/aromatic N) is 4. The molecule has 0 aromatic carbocycles. The van der Waals surface area contributed by atoms with Crippen molar-refractivity contribution in [2.75, 3.05) is 18.9 Å². The van der Waals surface area contributed by atoms with E-state index in [-0.39, 0.29) is 12.5 Å². The third kappa shape index (κ3) is 4.75. The molecule has 0 bridgehead atoms. The lowest BCUT2D eigenvalue weighted by molar-refractivity contribution is -0.118. The monoisotopic (exact) mass is 299 g/mol. The number of aromatic nitrogens is 4. The van der Waals surface area contributed by atoms with Gasteiger partial charge < -0.3 is 10.4 Å². The molecule has 2 rings (SSSR count). The van der Waals surface area contributed by atoms with Crippen LogP contribution in [0, 0.1) is 5.92 Å². The van der Waals surface area contributed by atoms with Crippen molar-refractivity contribution in [2.45, 2.75) is 43.8 Å². The highest BCUT2D eigenvalue weighted by Gasteiger charge is 2.28. The van der Waals surface area contributed by atoms with Crippen LogP contribution in [0.5, 0.6) is 0 Å². The predicted octanol–water partition coefficient (Wildman–Crippen LogP) is 0.625. The summed E-state index contributed by atoms with van der Waals surface area (Å²) in [6, 6.07) is 0.426. The molecular formula is C12H21N5O2S. The summed E-state index contributed by atoms with van der Waals surface area (Å²) in [5, 5.41) is 24.0. The molecule has 7 nitrogen and oxygen atoms in total. The molecule has 1 fully saturated rings. The first-order valence-corrected chi connectivity index (χ1v) is 7.97. The number of nitrogens with one attached hydrogen (secondary N) is 1. The van der Waals surface area contributed by atoms with E-state index >= 15 is 0 Å². The zero-order valence-corrected chi connectivity index (χ0v) is 12.5. The summed E-state index contributed by atoms with van der Waals surface area (Å²) in [7, 11) is 0. The van der Waals surface area contributed by atoms with E-state index in [1.54, 1.807) is 4.68 Å². The van der Waals surface area contributed by atoms with Gasteiger partial charge >= 0.3 is 0 Å². The fraction of sp³-hybridized carbons (Fsp3) is 0.833. The van der Waals surface area contributed by atoms with Gasteiger partial charge in [0.25, 0.3) is 0 Å². The summed E-state index contributed by atoms with van der Waals surface area (Å²) < 4.78 is 1.81. The molecule has 1 heterocycles. The van der Waals surface area contributed by atoms with Crippen LogP contribution in [0.2, 0.25) is 0 Å². The Kier molecular flexibility index (Phi) is 5.78. The molecule has 1 amide bonds. The molecule has 112 valence electrons. The molecule has 0 saturated heterocycles. The van der Waals surface area contributed by atoms with E-state index < -0.39 is 0 Å². The number of amides is 1. The summed E-state index contributed by atoms with van der Waals surface area (Å²) >= 11 is 1.37. The number of hydrogen-bond acceptors (Lipinski definition) is 6. The Balaban J connectivity index is 1.61. The van der Waals surface area contributed by atoms with Crippen LogP contribution in [0.1, 0.15) is 38.6 Å². The molecule has 1 aliphatic rings. The second-order valence-corrected chi connectivity index (χ2v) is 6.15. The Bertz CT molecular complexity index is 435. The van der Waals surface area contributed by atoms with Crippen LogP contribution < -0.4 is 5.32 Å².